The molecule has 0 amide bonds. The lowest BCUT2D eigenvalue weighted by Crippen LogP contribution is -2.14. The maximum atomic E-state index is 12.3. The molecule has 0 radical (unpaired) electrons. The van der Waals surface area contributed by atoms with E-state index in [0.29, 0.717) is 24.7 Å². The summed E-state index contributed by atoms with van der Waals surface area (Å²) in [5.74, 6) is 1.84. The fraction of sp³-hybridized carbons (Fsp3) is 0.588. The SMILES string of the molecule is O=C(Cc1cc(Cl)cc2c1OCC2)CC1CCCCC1. The summed E-state index contributed by atoms with van der Waals surface area (Å²) in [6.07, 6.45) is 8.44. The average molecular weight is 293 g/mol. The Labute approximate surface area is 125 Å². The van der Waals surface area contributed by atoms with Gasteiger partial charge in [0.1, 0.15) is 11.5 Å². The first-order valence-electron chi connectivity index (χ1n) is 7.68. The predicted octanol–water partition coefficient (Wildman–Crippen LogP) is 4.36. The predicted molar refractivity (Wildman–Crippen MR) is 80.6 cm³/mol. The first-order chi connectivity index (χ1) is 9.72. The number of hydrogen-bond acceptors (Lipinski definition) is 2. The molecule has 0 aromatic heterocycles. The first kappa shape index (κ1) is 13.9. The van der Waals surface area contributed by atoms with Gasteiger partial charge in [-0.1, -0.05) is 43.7 Å². The van der Waals surface area contributed by atoms with E-state index >= 15 is 0 Å². The molecule has 0 bridgehead atoms. The van der Waals surface area contributed by atoms with Crippen LogP contribution in [0.5, 0.6) is 5.75 Å². The molecule has 0 atom stereocenters. The average Bonchev–Trinajstić information content (AvgIpc) is 2.88. The van der Waals surface area contributed by atoms with Crippen LogP contribution < -0.4 is 4.74 Å². The molecule has 1 saturated carbocycles. The van der Waals surface area contributed by atoms with Crippen molar-refractivity contribution in [2.45, 2.75) is 51.4 Å². The van der Waals surface area contributed by atoms with Crippen LogP contribution >= 0.6 is 11.6 Å². The van der Waals surface area contributed by atoms with Gasteiger partial charge in [0.15, 0.2) is 0 Å². The van der Waals surface area contributed by atoms with E-state index in [1.807, 2.05) is 12.1 Å². The highest BCUT2D eigenvalue weighted by molar-refractivity contribution is 6.30. The van der Waals surface area contributed by atoms with E-state index in [2.05, 4.69) is 0 Å². The molecule has 0 saturated heterocycles. The lowest BCUT2D eigenvalue weighted by molar-refractivity contribution is -0.119. The molecular formula is C17H21ClO2. The third kappa shape index (κ3) is 3.17. The summed E-state index contributed by atoms with van der Waals surface area (Å²) < 4.78 is 5.66. The number of rotatable bonds is 4. The lowest BCUT2D eigenvalue weighted by atomic mass is 9.85. The normalized spacial score (nSPS) is 18.6. The van der Waals surface area contributed by atoms with E-state index in [4.69, 9.17) is 16.3 Å². The van der Waals surface area contributed by atoms with Crippen LogP contribution in [0, 0.1) is 5.92 Å². The van der Waals surface area contributed by atoms with Crippen molar-refractivity contribution in [3.8, 4) is 5.75 Å². The number of carbonyl (C=O) groups excluding carboxylic acids is 1. The number of Topliss-reactive ketones (excluding diaryl/α,β-unsaturated/α-hetero) is 1. The monoisotopic (exact) mass is 292 g/mol. The van der Waals surface area contributed by atoms with Crippen molar-refractivity contribution < 1.29 is 9.53 Å². The Hall–Kier alpha value is -1.02. The third-order valence-electron chi connectivity index (χ3n) is 4.45. The minimum Gasteiger partial charge on any atom is -0.493 e. The van der Waals surface area contributed by atoms with Gasteiger partial charge in [0, 0.05) is 29.8 Å². The first-order valence-corrected chi connectivity index (χ1v) is 8.06. The van der Waals surface area contributed by atoms with E-state index in [0.717, 1.165) is 34.7 Å². The van der Waals surface area contributed by atoms with Gasteiger partial charge in [-0.15, -0.1) is 0 Å². The number of benzene rings is 1. The van der Waals surface area contributed by atoms with Gasteiger partial charge in [-0.05, 0) is 23.6 Å². The number of halogens is 1. The number of hydrogen-bond donors (Lipinski definition) is 0. The fourth-order valence-corrected chi connectivity index (χ4v) is 3.74. The summed E-state index contributed by atoms with van der Waals surface area (Å²) in [6, 6.07) is 3.85. The topological polar surface area (TPSA) is 26.3 Å². The number of carbonyl (C=O) groups is 1. The second-order valence-electron chi connectivity index (χ2n) is 6.08. The molecule has 2 aliphatic rings. The van der Waals surface area contributed by atoms with Gasteiger partial charge < -0.3 is 4.74 Å². The molecule has 20 heavy (non-hydrogen) atoms. The molecule has 3 heteroatoms. The van der Waals surface area contributed by atoms with Crippen molar-refractivity contribution in [1.82, 2.24) is 0 Å². The van der Waals surface area contributed by atoms with Crippen LogP contribution in [0.4, 0.5) is 0 Å². The Kier molecular flexibility index (Phi) is 4.30. The van der Waals surface area contributed by atoms with Crippen molar-refractivity contribution in [2.75, 3.05) is 6.61 Å². The molecule has 3 rings (SSSR count). The van der Waals surface area contributed by atoms with Gasteiger partial charge in [0.25, 0.3) is 0 Å². The van der Waals surface area contributed by atoms with Crippen molar-refractivity contribution in [3.63, 3.8) is 0 Å². The Morgan fingerprint density at radius 1 is 1.25 bits per heavy atom. The zero-order valence-corrected chi connectivity index (χ0v) is 12.5. The molecule has 1 aromatic carbocycles. The molecule has 1 heterocycles. The minimum atomic E-state index is 0.330. The number of ketones is 1. The molecule has 1 aliphatic carbocycles. The zero-order chi connectivity index (χ0) is 13.9. The summed E-state index contributed by atoms with van der Waals surface area (Å²) in [6.45, 7) is 0.708. The summed E-state index contributed by atoms with van der Waals surface area (Å²) in [4.78, 5) is 12.3. The van der Waals surface area contributed by atoms with E-state index in [1.54, 1.807) is 0 Å². The van der Waals surface area contributed by atoms with Crippen LogP contribution in [0.2, 0.25) is 5.02 Å². The van der Waals surface area contributed by atoms with Crippen molar-refractivity contribution in [1.29, 1.82) is 0 Å². The Morgan fingerprint density at radius 3 is 2.85 bits per heavy atom. The Bertz CT molecular complexity index is 504. The van der Waals surface area contributed by atoms with Crippen LogP contribution in [0.15, 0.2) is 12.1 Å². The van der Waals surface area contributed by atoms with Crippen LogP contribution in [0.25, 0.3) is 0 Å². The molecule has 2 nitrogen and oxygen atoms in total. The number of fused-ring (bicyclic) bond motifs is 1. The second-order valence-corrected chi connectivity index (χ2v) is 6.51. The minimum absolute atomic E-state index is 0.330. The maximum absolute atomic E-state index is 12.3. The van der Waals surface area contributed by atoms with Gasteiger partial charge >= 0.3 is 0 Å². The van der Waals surface area contributed by atoms with Crippen LogP contribution in [0.1, 0.15) is 49.7 Å². The highest BCUT2D eigenvalue weighted by Crippen LogP contribution is 2.34. The van der Waals surface area contributed by atoms with Crippen LogP contribution in [0.3, 0.4) is 0 Å². The Balaban J connectivity index is 1.66. The van der Waals surface area contributed by atoms with E-state index in [-0.39, 0.29) is 0 Å². The molecule has 1 aliphatic heterocycles. The highest BCUT2D eigenvalue weighted by atomic mass is 35.5. The number of ether oxygens (including phenoxy) is 1. The third-order valence-corrected chi connectivity index (χ3v) is 4.67. The van der Waals surface area contributed by atoms with Gasteiger partial charge in [-0.3, -0.25) is 4.79 Å². The molecule has 108 valence electrons. The van der Waals surface area contributed by atoms with E-state index in [1.165, 1.54) is 32.1 Å². The summed E-state index contributed by atoms with van der Waals surface area (Å²) in [7, 11) is 0. The lowest BCUT2D eigenvalue weighted by Gasteiger charge is -2.20. The largest absolute Gasteiger partial charge is 0.493 e. The molecule has 0 N–H and O–H groups in total. The van der Waals surface area contributed by atoms with Crippen molar-refractivity contribution in [2.24, 2.45) is 5.92 Å². The summed E-state index contributed by atoms with van der Waals surface area (Å²) >= 11 is 6.14. The zero-order valence-electron chi connectivity index (χ0n) is 11.8. The molecular weight excluding hydrogens is 272 g/mol. The van der Waals surface area contributed by atoms with E-state index in [9.17, 15) is 4.79 Å². The summed E-state index contributed by atoms with van der Waals surface area (Å²) in [5, 5.41) is 0.717. The van der Waals surface area contributed by atoms with Gasteiger partial charge in [0.2, 0.25) is 0 Å². The molecule has 1 fully saturated rings. The Morgan fingerprint density at radius 2 is 2.05 bits per heavy atom. The van der Waals surface area contributed by atoms with Gasteiger partial charge in [-0.2, -0.15) is 0 Å². The van der Waals surface area contributed by atoms with Gasteiger partial charge in [-0.25, -0.2) is 0 Å². The smallest absolute Gasteiger partial charge is 0.137 e. The molecule has 1 aromatic rings. The van der Waals surface area contributed by atoms with E-state index < -0.39 is 0 Å². The maximum Gasteiger partial charge on any atom is 0.137 e. The highest BCUT2D eigenvalue weighted by Gasteiger charge is 2.21. The van der Waals surface area contributed by atoms with Crippen molar-refractivity contribution >= 4 is 17.4 Å². The quantitative estimate of drug-likeness (QED) is 0.824. The standard InChI is InChI=1S/C17H21ClO2/c18-15-9-13-6-7-20-17(13)14(10-15)11-16(19)8-12-4-2-1-3-5-12/h9-10,12H,1-8,11H2. The second kappa shape index (κ2) is 6.17. The van der Waals surface area contributed by atoms with Gasteiger partial charge in [0.05, 0.1) is 6.61 Å². The van der Waals surface area contributed by atoms with Crippen LogP contribution in [-0.4, -0.2) is 12.4 Å². The molecule has 0 unspecified atom stereocenters. The summed E-state index contributed by atoms with van der Waals surface area (Å²) in [5.41, 5.74) is 2.13. The van der Waals surface area contributed by atoms with Crippen LogP contribution in [-0.2, 0) is 17.6 Å². The van der Waals surface area contributed by atoms with Crippen molar-refractivity contribution in [3.05, 3.63) is 28.3 Å². The fourth-order valence-electron chi connectivity index (χ4n) is 3.48. The molecule has 0 spiro atoms.